The molecule has 0 fully saturated rings. The predicted octanol–water partition coefficient (Wildman–Crippen LogP) is 2.84. The summed E-state index contributed by atoms with van der Waals surface area (Å²) in [4.78, 5) is 2.41. The Labute approximate surface area is 119 Å². The van der Waals surface area contributed by atoms with E-state index < -0.39 is 0 Å². The fraction of sp³-hybridized carbons (Fsp3) is 0.462. The molecule has 0 amide bonds. The summed E-state index contributed by atoms with van der Waals surface area (Å²) in [5.74, 6) is 0. The highest BCUT2D eigenvalue weighted by Crippen LogP contribution is 2.23. The Kier molecular flexibility index (Phi) is 5.85. The Balaban J connectivity index is 2.78. The molecule has 3 nitrogen and oxygen atoms in total. The molecular formula is C13H19ClN2OS. The number of likely N-dealkylation sites (N-methyl/N-ethyl adjacent to an activating group) is 1. The highest BCUT2D eigenvalue weighted by Gasteiger charge is 2.10. The van der Waals surface area contributed by atoms with E-state index in [1.807, 2.05) is 33.0 Å². The molecule has 2 N–H and O–H groups in total. The molecule has 18 heavy (non-hydrogen) atoms. The van der Waals surface area contributed by atoms with Gasteiger partial charge >= 0.3 is 0 Å². The fourth-order valence-corrected chi connectivity index (χ4v) is 1.92. The zero-order valence-corrected chi connectivity index (χ0v) is 12.5. The van der Waals surface area contributed by atoms with E-state index in [-0.39, 0.29) is 6.10 Å². The number of benzene rings is 1. The lowest BCUT2D eigenvalue weighted by molar-refractivity contribution is 0.0846. The van der Waals surface area contributed by atoms with Gasteiger partial charge in [-0.2, -0.15) is 0 Å². The molecule has 0 aliphatic heterocycles. The predicted molar refractivity (Wildman–Crippen MR) is 81.7 cm³/mol. The first-order valence-electron chi connectivity index (χ1n) is 5.84. The number of nitrogens with two attached hydrogens (primary N) is 1. The van der Waals surface area contributed by atoms with Crippen molar-refractivity contribution in [3.8, 4) is 0 Å². The van der Waals surface area contributed by atoms with E-state index in [2.05, 4.69) is 4.90 Å². The van der Waals surface area contributed by atoms with Crippen LogP contribution in [-0.4, -0.2) is 31.3 Å². The third kappa shape index (κ3) is 4.44. The number of hydrogen-bond donors (Lipinski definition) is 1. The lowest BCUT2D eigenvalue weighted by Gasteiger charge is -2.22. The smallest absolute Gasteiger partial charge is 0.106 e. The SMILES string of the molecule is CC(C)OCCN(C)c1ccc(Cl)cc1C(N)=S. The van der Waals surface area contributed by atoms with Crippen LogP contribution in [0.4, 0.5) is 5.69 Å². The summed E-state index contributed by atoms with van der Waals surface area (Å²) in [7, 11) is 1.98. The van der Waals surface area contributed by atoms with Gasteiger partial charge in [0.1, 0.15) is 4.99 Å². The molecule has 0 aliphatic rings. The van der Waals surface area contributed by atoms with Crippen molar-refractivity contribution >= 4 is 34.5 Å². The van der Waals surface area contributed by atoms with Gasteiger partial charge in [-0.3, -0.25) is 0 Å². The summed E-state index contributed by atoms with van der Waals surface area (Å²) in [5, 5.41) is 0.633. The third-order valence-electron chi connectivity index (χ3n) is 2.51. The van der Waals surface area contributed by atoms with Crippen LogP contribution in [0.3, 0.4) is 0 Å². The average Bonchev–Trinajstić information content (AvgIpc) is 2.28. The van der Waals surface area contributed by atoms with Crippen molar-refractivity contribution in [3.05, 3.63) is 28.8 Å². The maximum atomic E-state index is 5.95. The Morgan fingerprint density at radius 3 is 2.72 bits per heavy atom. The molecule has 100 valence electrons. The van der Waals surface area contributed by atoms with E-state index in [1.165, 1.54) is 0 Å². The van der Waals surface area contributed by atoms with E-state index in [9.17, 15) is 0 Å². The minimum Gasteiger partial charge on any atom is -0.389 e. The van der Waals surface area contributed by atoms with Crippen LogP contribution in [0.1, 0.15) is 19.4 Å². The number of hydrogen-bond acceptors (Lipinski definition) is 3. The van der Waals surface area contributed by atoms with Crippen LogP contribution < -0.4 is 10.6 Å². The Hall–Kier alpha value is -0.840. The Morgan fingerprint density at radius 1 is 1.50 bits per heavy atom. The van der Waals surface area contributed by atoms with E-state index in [0.29, 0.717) is 16.6 Å². The largest absolute Gasteiger partial charge is 0.389 e. The second-order valence-corrected chi connectivity index (χ2v) is 5.24. The van der Waals surface area contributed by atoms with Crippen LogP contribution in [0.2, 0.25) is 5.02 Å². The van der Waals surface area contributed by atoms with Gasteiger partial charge in [0.25, 0.3) is 0 Å². The minimum absolute atomic E-state index is 0.235. The first-order chi connectivity index (χ1) is 8.41. The van der Waals surface area contributed by atoms with Crippen LogP contribution in [0.25, 0.3) is 0 Å². The summed E-state index contributed by atoms with van der Waals surface area (Å²) >= 11 is 11.0. The highest BCUT2D eigenvalue weighted by atomic mass is 35.5. The molecule has 1 aromatic carbocycles. The van der Waals surface area contributed by atoms with Crippen molar-refractivity contribution in [2.75, 3.05) is 25.1 Å². The van der Waals surface area contributed by atoms with Crippen molar-refractivity contribution in [1.29, 1.82) is 0 Å². The highest BCUT2D eigenvalue weighted by molar-refractivity contribution is 7.80. The van der Waals surface area contributed by atoms with Gasteiger partial charge in [-0.25, -0.2) is 0 Å². The first kappa shape index (κ1) is 15.2. The summed E-state index contributed by atoms with van der Waals surface area (Å²) < 4.78 is 5.53. The van der Waals surface area contributed by atoms with Gasteiger partial charge in [0.05, 0.1) is 12.7 Å². The maximum Gasteiger partial charge on any atom is 0.106 e. The molecule has 1 aromatic rings. The average molecular weight is 287 g/mol. The van der Waals surface area contributed by atoms with Crippen molar-refractivity contribution < 1.29 is 4.74 Å². The fourth-order valence-electron chi connectivity index (χ4n) is 1.58. The van der Waals surface area contributed by atoms with Crippen LogP contribution in [0.15, 0.2) is 18.2 Å². The number of rotatable bonds is 6. The second kappa shape index (κ2) is 6.92. The maximum absolute atomic E-state index is 5.95. The van der Waals surface area contributed by atoms with Crippen LogP contribution in [-0.2, 0) is 4.74 Å². The van der Waals surface area contributed by atoms with Gasteiger partial charge in [-0.15, -0.1) is 0 Å². The van der Waals surface area contributed by atoms with Crippen molar-refractivity contribution in [2.24, 2.45) is 5.73 Å². The zero-order chi connectivity index (χ0) is 13.7. The normalized spacial score (nSPS) is 10.7. The van der Waals surface area contributed by atoms with Crippen LogP contribution in [0.5, 0.6) is 0 Å². The van der Waals surface area contributed by atoms with Crippen molar-refractivity contribution in [1.82, 2.24) is 0 Å². The minimum atomic E-state index is 0.235. The molecule has 0 bridgehead atoms. The number of anilines is 1. The lowest BCUT2D eigenvalue weighted by atomic mass is 10.1. The Bertz CT molecular complexity index is 423. The summed E-state index contributed by atoms with van der Waals surface area (Å²) in [6.45, 7) is 5.47. The molecule has 0 saturated heterocycles. The molecule has 5 heteroatoms. The lowest BCUT2D eigenvalue weighted by Crippen LogP contribution is -2.26. The zero-order valence-electron chi connectivity index (χ0n) is 10.9. The number of thiocarbonyl (C=S) groups is 1. The molecule has 0 spiro atoms. The second-order valence-electron chi connectivity index (χ2n) is 4.37. The van der Waals surface area contributed by atoms with Crippen molar-refractivity contribution in [3.63, 3.8) is 0 Å². The van der Waals surface area contributed by atoms with Crippen LogP contribution >= 0.6 is 23.8 Å². The topological polar surface area (TPSA) is 38.5 Å². The number of halogens is 1. The van der Waals surface area contributed by atoms with Crippen molar-refractivity contribution in [2.45, 2.75) is 20.0 Å². The monoisotopic (exact) mass is 286 g/mol. The summed E-state index contributed by atoms with van der Waals surface area (Å²) in [5.41, 5.74) is 7.48. The van der Waals surface area contributed by atoms with E-state index in [4.69, 9.17) is 34.3 Å². The van der Waals surface area contributed by atoms with Crippen LogP contribution in [0, 0.1) is 0 Å². The molecule has 0 atom stereocenters. The quantitative estimate of drug-likeness (QED) is 0.816. The summed E-state index contributed by atoms with van der Waals surface area (Å²) in [6, 6.07) is 5.55. The molecule has 0 aliphatic carbocycles. The summed E-state index contributed by atoms with van der Waals surface area (Å²) in [6.07, 6.45) is 0.235. The molecule has 0 radical (unpaired) electrons. The molecule has 0 saturated carbocycles. The first-order valence-corrected chi connectivity index (χ1v) is 6.62. The number of ether oxygens (including phenoxy) is 1. The number of nitrogens with zero attached hydrogens (tertiary/aromatic N) is 1. The molecule has 0 unspecified atom stereocenters. The van der Waals surface area contributed by atoms with E-state index >= 15 is 0 Å². The Morgan fingerprint density at radius 2 is 2.17 bits per heavy atom. The van der Waals surface area contributed by atoms with Gasteiger partial charge in [0.15, 0.2) is 0 Å². The van der Waals surface area contributed by atoms with Gasteiger partial charge in [0.2, 0.25) is 0 Å². The van der Waals surface area contributed by atoms with Gasteiger partial charge in [0, 0.05) is 29.9 Å². The molecule has 1 rings (SSSR count). The van der Waals surface area contributed by atoms with Gasteiger partial charge in [-0.05, 0) is 32.0 Å². The standard InChI is InChI=1S/C13H19ClN2OS/c1-9(2)17-7-6-16(3)12-5-4-10(14)8-11(12)13(15)18/h4-5,8-9H,6-7H2,1-3H3,(H2,15,18). The molecule has 0 heterocycles. The molecular weight excluding hydrogens is 268 g/mol. The van der Waals surface area contributed by atoms with Gasteiger partial charge < -0.3 is 15.4 Å². The van der Waals surface area contributed by atoms with Gasteiger partial charge in [-0.1, -0.05) is 23.8 Å². The van der Waals surface area contributed by atoms with E-state index in [1.54, 1.807) is 6.07 Å². The third-order valence-corrected chi connectivity index (χ3v) is 2.97. The molecule has 0 aromatic heterocycles. The van der Waals surface area contributed by atoms with E-state index in [0.717, 1.165) is 17.8 Å².